The minimum atomic E-state index is -1.56. The Morgan fingerprint density at radius 1 is 1.33 bits per heavy atom. The van der Waals surface area contributed by atoms with Crippen LogP contribution in [0.4, 0.5) is 4.39 Å². The van der Waals surface area contributed by atoms with Gasteiger partial charge in [-0.3, -0.25) is 4.79 Å². The molecule has 0 aliphatic heterocycles. The maximum absolute atomic E-state index is 13.5. The highest BCUT2D eigenvalue weighted by Gasteiger charge is 2.51. The van der Waals surface area contributed by atoms with E-state index in [1.54, 1.807) is 0 Å². The molecule has 1 unspecified atom stereocenters. The van der Waals surface area contributed by atoms with Crippen LogP contribution in [0.25, 0.3) is 0 Å². The van der Waals surface area contributed by atoms with Crippen LogP contribution in [0, 0.1) is 11.3 Å². The van der Waals surface area contributed by atoms with E-state index in [9.17, 15) is 9.18 Å². The summed E-state index contributed by atoms with van der Waals surface area (Å²) >= 11 is 0. The van der Waals surface area contributed by atoms with Crippen LogP contribution in [0.2, 0.25) is 0 Å². The fraction of sp³-hybridized carbons (Fsp3) is 0.917. The Morgan fingerprint density at radius 2 is 1.80 bits per heavy atom. The Bertz CT molecular complexity index is 251. The number of carbonyl (C=O) groups is 1. The molecule has 2 nitrogen and oxygen atoms in total. The molecule has 0 aromatic carbocycles. The number of hydrogen-bond donors (Lipinski definition) is 1. The summed E-state index contributed by atoms with van der Waals surface area (Å²) in [5.41, 5.74) is -1.59. The van der Waals surface area contributed by atoms with Gasteiger partial charge in [-0.25, -0.2) is 4.39 Å². The SMILES string of the molecule is CC(C)C(NC(=O)C1(F)CC1)C(C)(C)C. The molecule has 0 bridgehead atoms. The molecule has 0 aromatic heterocycles. The lowest BCUT2D eigenvalue weighted by Gasteiger charge is -2.35. The summed E-state index contributed by atoms with van der Waals surface area (Å²) in [6.45, 7) is 10.3. The molecule has 88 valence electrons. The molecule has 1 atom stereocenters. The van der Waals surface area contributed by atoms with Crippen molar-refractivity contribution in [2.45, 2.75) is 59.2 Å². The number of hydrogen-bond acceptors (Lipinski definition) is 1. The van der Waals surface area contributed by atoms with Gasteiger partial charge in [-0.2, -0.15) is 0 Å². The smallest absolute Gasteiger partial charge is 0.257 e. The van der Waals surface area contributed by atoms with Gasteiger partial charge in [-0.15, -0.1) is 0 Å². The van der Waals surface area contributed by atoms with Crippen LogP contribution < -0.4 is 5.32 Å². The molecule has 1 rings (SSSR count). The van der Waals surface area contributed by atoms with Gasteiger partial charge in [0.2, 0.25) is 0 Å². The average Bonchev–Trinajstić information content (AvgIpc) is 2.77. The summed E-state index contributed by atoms with van der Waals surface area (Å²) in [5, 5.41) is 2.84. The Balaban J connectivity index is 2.63. The van der Waals surface area contributed by atoms with E-state index < -0.39 is 11.6 Å². The van der Waals surface area contributed by atoms with Crippen molar-refractivity contribution in [3.63, 3.8) is 0 Å². The lowest BCUT2D eigenvalue weighted by Crippen LogP contribution is -2.50. The zero-order valence-corrected chi connectivity index (χ0v) is 10.4. The van der Waals surface area contributed by atoms with Crippen LogP contribution in [0.3, 0.4) is 0 Å². The van der Waals surface area contributed by atoms with Crippen molar-refractivity contribution < 1.29 is 9.18 Å². The van der Waals surface area contributed by atoms with Crippen LogP contribution in [0.1, 0.15) is 47.5 Å². The van der Waals surface area contributed by atoms with E-state index in [1.165, 1.54) is 0 Å². The van der Waals surface area contributed by atoms with Gasteiger partial charge in [0.1, 0.15) is 0 Å². The van der Waals surface area contributed by atoms with Crippen molar-refractivity contribution >= 4 is 5.91 Å². The summed E-state index contributed by atoms with van der Waals surface area (Å²) in [4.78, 5) is 11.6. The molecule has 1 aliphatic rings. The number of halogens is 1. The molecule has 1 aliphatic carbocycles. The van der Waals surface area contributed by atoms with Gasteiger partial charge in [0.15, 0.2) is 5.67 Å². The topological polar surface area (TPSA) is 29.1 Å². The van der Waals surface area contributed by atoms with Gasteiger partial charge in [-0.05, 0) is 24.2 Å². The molecule has 3 heteroatoms. The maximum Gasteiger partial charge on any atom is 0.257 e. The summed E-state index contributed by atoms with van der Waals surface area (Å²) < 4.78 is 13.5. The second kappa shape index (κ2) is 3.76. The maximum atomic E-state index is 13.5. The van der Waals surface area contributed by atoms with E-state index in [4.69, 9.17) is 0 Å². The molecule has 1 N–H and O–H groups in total. The number of alkyl halides is 1. The van der Waals surface area contributed by atoms with E-state index in [0.29, 0.717) is 18.8 Å². The minimum absolute atomic E-state index is 0.0261. The molecule has 0 saturated heterocycles. The molecule has 0 aromatic rings. The molecule has 1 amide bonds. The summed E-state index contributed by atoms with van der Waals surface area (Å²) in [6.07, 6.45) is 0.765. The first-order chi connectivity index (χ1) is 6.67. The van der Waals surface area contributed by atoms with Gasteiger partial charge in [0, 0.05) is 6.04 Å². The minimum Gasteiger partial charge on any atom is -0.350 e. The highest BCUT2D eigenvalue weighted by Crippen LogP contribution is 2.40. The monoisotopic (exact) mass is 215 g/mol. The van der Waals surface area contributed by atoms with Gasteiger partial charge >= 0.3 is 0 Å². The second-order valence-electron chi connectivity index (χ2n) is 6.03. The number of amides is 1. The predicted octanol–water partition coefficient (Wildman–Crippen LogP) is 2.68. The standard InChI is InChI=1S/C12H22FNO/c1-8(2)9(11(3,4)5)14-10(15)12(13)6-7-12/h8-9H,6-7H2,1-5H3,(H,14,15). The van der Waals surface area contributed by atoms with E-state index in [0.717, 1.165) is 0 Å². The van der Waals surface area contributed by atoms with Crippen molar-refractivity contribution in [3.8, 4) is 0 Å². The van der Waals surface area contributed by atoms with Crippen molar-refractivity contribution in [1.82, 2.24) is 5.32 Å². The largest absolute Gasteiger partial charge is 0.350 e. The first-order valence-electron chi connectivity index (χ1n) is 5.67. The second-order valence-corrected chi connectivity index (χ2v) is 6.03. The van der Waals surface area contributed by atoms with Crippen LogP contribution in [-0.4, -0.2) is 17.6 Å². The highest BCUT2D eigenvalue weighted by molar-refractivity contribution is 5.88. The molecular weight excluding hydrogens is 193 g/mol. The molecule has 15 heavy (non-hydrogen) atoms. The van der Waals surface area contributed by atoms with Gasteiger partial charge < -0.3 is 5.32 Å². The fourth-order valence-electron chi connectivity index (χ4n) is 1.99. The Kier molecular flexibility index (Phi) is 3.13. The average molecular weight is 215 g/mol. The summed E-state index contributed by atoms with van der Waals surface area (Å²) in [7, 11) is 0. The van der Waals surface area contributed by atoms with Crippen LogP contribution >= 0.6 is 0 Å². The molecule has 0 spiro atoms. The van der Waals surface area contributed by atoms with Gasteiger partial charge in [0.05, 0.1) is 0 Å². The number of carbonyl (C=O) groups excluding carboxylic acids is 1. The first kappa shape index (κ1) is 12.5. The van der Waals surface area contributed by atoms with E-state index >= 15 is 0 Å². The predicted molar refractivity (Wildman–Crippen MR) is 59.3 cm³/mol. The number of nitrogens with one attached hydrogen (secondary N) is 1. The molecule has 0 heterocycles. The number of rotatable bonds is 3. The van der Waals surface area contributed by atoms with Crippen molar-refractivity contribution in [2.24, 2.45) is 11.3 Å². The van der Waals surface area contributed by atoms with Gasteiger partial charge in [-0.1, -0.05) is 34.6 Å². The van der Waals surface area contributed by atoms with Gasteiger partial charge in [0.25, 0.3) is 5.91 Å². The van der Waals surface area contributed by atoms with E-state index in [2.05, 4.69) is 26.1 Å². The lowest BCUT2D eigenvalue weighted by atomic mass is 9.80. The third-order valence-electron chi connectivity index (χ3n) is 2.98. The summed E-state index contributed by atoms with van der Waals surface area (Å²) in [6, 6.07) is 0.0261. The third kappa shape index (κ3) is 2.93. The molecule has 1 saturated carbocycles. The molecule has 1 fully saturated rings. The first-order valence-corrected chi connectivity index (χ1v) is 5.67. The summed E-state index contributed by atoms with van der Waals surface area (Å²) in [5.74, 6) is -0.104. The lowest BCUT2D eigenvalue weighted by molar-refractivity contribution is -0.129. The Morgan fingerprint density at radius 3 is 2.07 bits per heavy atom. The molecular formula is C12H22FNO. The van der Waals surface area contributed by atoms with E-state index in [-0.39, 0.29) is 11.5 Å². The molecule has 0 radical (unpaired) electrons. The van der Waals surface area contributed by atoms with Crippen molar-refractivity contribution in [1.29, 1.82) is 0 Å². The van der Waals surface area contributed by atoms with Crippen molar-refractivity contribution in [2.75, 3.05) is 0 Å². The van der Waals surface area contributed by atoms with Crippen molar-refractivity contribution in [3.05, 3.63) is 0 Å². The third-order valence-corrected chi connectivity index (χ3v) is 2.98. The normalized spacial score (nSPS) is 21.3. The Hall–Kier alpha value is -0.600. The fourth-order valence-corrected chi connectivity index (χ4v) is 1.99. The Labute approximate surface area is 91.6 Å². The van der Waals surface area contributed by atoms with E-state index in [1.807, 2.05) is 13.8 Å². The highest BCUT2D eigenvalue weighted by atomic mass is 19.1. The van der Waals surface area contributed by atoms with Crippen LogP contribution in [-0.2, 0) is 4.79 Å². The van der Waals surface area contributed by atoms with Crippen LogP contribution in [0.15, 0.2) is 0 Å². The zero-order valence-electron chi connectivity index (χ0n) is 10.4. The zero-order chi connectivity index (χ0) is 11.9. The quantitative estimate of drug-likeness (QED) is 0.770. The van der Waals surface area contributed by atoms with Crippen LogP contribution in [0.5, 0.6) is 0 Å².